The van der Waals surface area contributed by atoms with Gasteiger partial charge in [0.2, 0.25) is 0 Å². The summed E-state index contributed by atoms with van der Waals surface area (Å²) in [6.45, 7) is 8.12. The zero-order valence-electron chi connectivity index (χ0n) is 11.8. The molecule has 2 N–H and O–H groups in total. The van der Waals surface area contributed by atoms with E-state index >= 15 is 0 Å². The molecular formula is C15H30N2. The second kappa shape index (κ2) is 5.71. The second-order valence-corrected chi connectivity index (χ2v) is 6.54. The summed E-state index contributed by atoms with van der Waals surface area (Å²) in [6.07, 6.45) is 9.80. The van der Waals surface area contributed by atoms with Crippen molar-refractivity contribution in [3.05, 3.63) is 0 Å². The number of nitrogens with two attached hydrogens (primary N) is 1. The number of piperidine rings is 1. The normalized spacial score (nSPS) is 27.7. The fourth-order valence-corrected chi connectivity index (χ4v) is 3.54. The smallest absolute Gasteiger partial charge is 0.0306 e. The van der Waals surface area contributed by atoms with Gasteiger partial charge in [-0.3, -0.25) is 4.90 Å². The summed E-state index contributed by atoms with van der Waals surface area (Å²) in [5.74, 6) is 1.93. The van der Waals surface area contributed by atoms with Gasteiger partial charge >= 0.3 is 0 Å². The minimum atomic E-state index is 0.282. The van der Waals surface area contributed by atoms with Crippen molar-refractivity contribution in [3.8, 4) is 0 Å². The van der Waals surface area contributed by atoms with Gasteiger partial charge in [-0.2, -0.15) is 0 Å². The van der Waals surface area contributed by atoms with E-state index in [0.29, 0.717) is 0 Å². The van der Waals surface area contributed by atoms with Crippen LogP contribution in [0.2, 0.25) is 0 Å². The second-order valence-electron chi connectivity index (χ2n) is 6.54. The first-order valence-electron chi connectivity index (χ1n) is 7.63. The molecule has 2 rings (SSSR count). The molecule has 100 valence electrons. The van der Waals surface area contributed by atoms with Crippen LogP contribution in [0.25, 0.3) is 0 Å². The van der Waals surface area contributed by atoms with Gasteiger partial charge < -0.3 is 5.73 Å². The van der Waals surface area contributed by atoms with E-state index in [1.165, 1.54) is 58.0 Å². The fourth-order valence-electron chi connectivity index (χ4n) is 3.54. The maximum atomic E-state index is 6.09. The molecule has 0 bridgehead atoms. The van der Waals surface area contributed by atoms with Gasteiger partial charge in [-0.15, -0.1) is 0 Å². The molecule has 1 unspecified atom stereocenters. The summed E-state index contributed by atoms with van der Waals surface area (Å²) in [6, 6.07) is 0. The molecule has 1 atom stereocenters. The molecule has 1 aliphatic heterocycles. The lowest BCUT2D eigenvalue weighted by Crippen LogP contribution is -2.55. The molecule has 1 saturated carbocycles. The van der Waals surface area contributed by atoms with Gasteiger partial charge in [-0.25, -0.2) is 0 Å². The molecule has 0 aromatic heterocycles. The Labute approximate surface area is 107 Å². The highest BCUT2D eigenvalue weighted by atomic mass is 15.2. The van der Waals surface area contributed by atoms with Crippen LogP contribution in [0.5, 0.6) is 0 Å². The lowest BCUT2D eigenvalue weighted by atomic mass is 9.75. The Hall–Kier alpha value is -0.0800. The average molecular weight is 238 g/mol. The molecule has 0 amide bonds. The maximum absolute atomic E-state index is 6.09. The van der Waals surface area contributed by atoms with Crippen molar-refractivity contribution in [3.63, 3.8) is 0 Å². The number of hydrogen-bond donors (Lipinski definition) is 1. The number of rotatable bonds is 5. The predicted molar refractivity (Wildman–Crippen MR) is 74.0 cm³/mol. The first-order valence-corrected chi connectivity index (χ1v) is 7.63. The SMILES string of the molecule is CCC1CCN(C(C)(CN)CC2CCC2)CC1. The van der Waals surface area contributed by atoms with Crippen molar-refractivity contribution in [2.45, 2.75) is 64.3 Å². The Kier molecular flexibility index (Phi) is 4.48. The number of likely N-dealkylation sites (tertiary alicyclic amines) is 1. The Morgan fingerprint density at radius 2 is 1.76 bits per heavy atom. The van der Waals surface area contributed by atoms with Gasteiger partial charge in [-0.05, 0) is 51.1 Å². The highest BCUT2D eigenvalue weighted by Gasteiger charge is 2.36. The van der Waals surface area contributed by atoms with Gasteiger partial charge in [0.05, 0.1) is 0 Å². The first kappa shape index (κ1) is 13.4. The lowest BCUT2D eigenvalue weighted by Gasteiger charge is -2.47. The molecule has 1 heterocycles. The molecular weight excluding hydrogens is 208 g/mol. The van der Waals surface area contributed by atoms with Crippen molar-refractivity contribution in [2.24, 2.45) is 17.6 Å². The Balaban J connectivity index is 1.88. The first-order chi connectivity index (χ1) is 8.18. The van der Waals surface area contributed by atoms with E-state index in [9.17, 15) is 0 Å². The largest absolute Gasteiger partial charge is 0.329 e. The van der Waals surface area contributed by atoms with Crippen LogP contribution in [0.15, 0.2) is 0 Å². The third kappa shape index (κ3) is 3.03. The van der Waals surface area contributed by atoms with Crippen molar-refractivity contribution >= 4 is 0 Å². The van der Waals surface area contributed by atoms with E-state index in [-0.39, 0.29) is 5.54 Å². The predicted octanol–water partition coefficient (Wildman–Crippen LogP) is 3.02. The van der Waals surface area contributed by atoms with Crippen molar-refractivity contribution < 1.29 is 0 Å². The topological polar surface area (TPSA) is 29.3 Å². The fraction of sp³-hybridized carbons (Fsp3) is 1.00. The molecule has 2 nitrogen and oxygen atoms in total. The molecule has 2 aliphatic rings. The Morgan fingerprint density at radius 1 is 1.12 bits per heavy atom. The average Bonchev–Trinajstić information content (AvgIpc) is 2.34. The molecule has 0 aromatic carbocycles. The highest BCUT2D eigenvalue weighted by Crippen LogP contribution is 2.37. The standard InChI is InChI=1S/C15H30N2/c1-3-13-7-9-17(10-8-13)15(2,12-16)11-14-5-4-6-14/h13-14H,3-12,16H2,1-2H3. The van der Waals surface area contributed by atoms with E-state index in [0.717, 1.165) is 18.4 Å². The minimum Gasteiger partial charge on any atom is -0.329 e. The summed E-state index contributed by atoms with van der Waals surface area (Å²) in [4.78, 5) is 2.69. The Bertz CT molecular complexity index is 229. The van der Waals surface area contributed by atoms with Crippen LogP contribution in [-0.4, -0.2) is 30.1 Å². The van der Waals surface area contributed by atoms with Gasteiger partial charge in [0.1, 0.15) is 0 Å². The van der Waals surface area contributed by atoms with Crippen LogP contribution in [0, 0.1) is 11.8 Å². The third-order valence-corrected chi connectivity index (χ3v) is 5.35. The van der Waals surface area contributed by atoms with Gasteiger partial charge in [-0.1, -0.05) is 32.6 Å². The quantitative estimate of drug-likeness (QED) is 0.798. The summed E-state index contributed by atoms with van der Waals surface area (Å²) >= 11 is 0. The molecule has 2 heteroatoms. The van der Waals surface area contributed by atoms with Crippen molar-refractivity contribution in [2.75, 3.05) is 19.6 Å². The number of hydrogen-bond acceptors (Lipinski definition) is 2. The minimum absolute atomic E-state index is 0.282. The van der Waals surface area contributed by atoms with E-state index < -0.39 is 0 Å². The van der Waals surface area contributed by atoms with Gasteiger partial charge in [0.15, 0.2) is 0 Å². The van der Waals surface area contributed by atoms with Crippen LogP contribution >= 0.6 is 0 Å². The molecule has 0 aromatic rings. The van der Waals surface area contributed by atoms with Crippen molar-refractivity contribution in [1.29, 1.82) is 0 Å². The van der Waals surface area contributed by atoms with Gasteiger partial charge in [0.25, 0.3) is 0 Å². The van der Waals surface area contributed by atoms with Crippen LogP contribution in [0.3, 0.4) is 0 Å². The van der Waals surface area contributed by atoms with Crippen LogP contribution in [0.4, 0.5) is 0 Å². The monoisotopic (exact) mass is 238 g/mol. The molecule has 1 saturated heterocycles. The summed E-state index contributed by atoms with van der Waals surface area (Å²) < 4.78 is 0. The zero-order valence-corrected chi connectivity index (χ0v) is 11.8. The maximum Gasteiger partial charge on any atom is 0.0306 e. The van der Waals surface area contributed by atoms with E-state index in [2.05, 4.69) is 18.7 Å². The highest BCUT2D eigenvalue weighted by molar-refractivity contribution is 4.93. The third-order valence-electron chi connectivity index (χ3n) is 5.35. The molecule has 0 radical (unpaired) electrons. The molecule has 17 heavy (non-hydrogen) atoms. The van der Waals surface area contributed by atoms with Crippen molar-refractivity contribution in [1.82, 2.24) is 4.90 Å². The zero-order chi connectivity index (χ0) is 12.3. The van der Waals surface area contributed by atoms with E-state index in [1.54, 1.807) is 0 Å². The summed E-state index contributed by atoms with van der Waals surface area (Å²) in [5, 5.41) is 0. The number of nitrogens with zero attached hydrogens (tertiary/aromatic N) is 1. The lowest BCUT2D eigenvalue weighted by molar-refractivity contribution is 0.0372. The van der Waals surface area contributed by atoms with Crippen LogP contribution in [0.1, 0.15) is 58.8 Å². The molecule has 0 spiro atoms. The van der Waals surface area contributed by atoms with Crippen LogP contribution in [-0.2, 0) is 0 Å². The van der Waals surface area contributed by atoms with Gasteiger partial charge in [0, 0.05) is 12.1 Å². The summed E-state index contributed by atoms with van der Waals surface area (Å²) in [5.41, 5.74) is 6.37. The summed E-state index contributed by atoms with van der Waals surface area (Å²) in [7, 11) is 0. The van der Waals surface area contributed by atoms with E-state index in [1.807, 2.05) is 0 Å². The molecule has 2 fully saturated rings. The van der Waals surface area contributed by atoms with E-state index in [4.69, 9.17) is 5.73 Å². The molecule has 1 aliphatic carbocycles. The Morgan fingerprint density at radius 3 is 2.18 bits per heavy atom. The van der Waals surface area contributed by atoms with Crippen LogP contribution < -0.4 is 5.73 Å².